The molecule has 3 heterocycles. The summed E-state index contributed by atoms with van der Waals surface area (Å²) in [7, 11) is 0. The topological polar surface area (TPSA) is 74.5 Å². The number of carbonyl (C=O) groups is 1. The maximum Gasteiger partial charge on any atom is 0.267 e. The van der Waals surface area contributed by atoms with E-state index < -0.39 is 0 Å². The van der Waals surface area contributed by atoms with E-state index >= 15 is 0 Å². The Morgan fingerprint density at radius 1 is 1.50 bits per heavy atom. The van der Waals surface area contributed by atoms with E-state index in [1.54, 1.807) is 0 Å². The normalized spacial score (nSPS) is 22.9. The zero-order valence-corrected chi connectivity index (χ0v) is 12.6. The van der Waals surface area contributed by atoms with Gasteiger partial charge in [0.1, 0.15) is 10.7 Å². The van der Waals surface area contributed by atoms with Gasteiger partial charge in [0.25, 0.3) is 5.91 Å². The third-order valence-electron chi connectivity index (χ3n) is 4.05. The SMILES string of the molecule is CCNc1nc(N)c(C(=O)N2CCN3CCCC3C2)s1. The van der Waals surface area contributed by atoms with Crippen LogP contribution in [-0.2, 0) is 0 Å². The Hall–Kier alpha value is -1.34. The van der Waals surface area contributed by atoms with Crippen LogP contribution in [0.2, 0.25) is 0 Å². The fourth-order valence-corrected chi connectivity index (χ4v) is 3.95. The smallest absolute Gasteiger partial charge is 0.267 e. The van der Waals surface area contributed by atoms with Gasteiger partial charge in [-0.05, 0) is 26.3 Å². The number of piperazine rings is 1. The molecule has 0 aromatic carbocycles. The van der Waals surface area contributed by atoms with E-state index in [-0.39, 0.29) is 5.91 Å². The molecule has 2 aliphatic rings. The maximum absolute atomic E-state index is 12.6. The van der Waals surface area contributed by atoms with Gasteiger partial charge in [0.15, 0.2) is 5.13 Å². The number of nitrogens with two attached hydrogens (primary N) is 1. The number of thiazole rings is 1. The molecule has 3 rings (SSSR count). The number of nitrogen functional groups attached to an aromatic ring is 1. The quantitative estimate of drug-likeness (QED) is 0.873. The van der Waals surface area contributed by atoms with E-state index in [0.29, 0.717) is 16.7 Å². The monoisotopic (exact) mass is 295 g/mol. The minimum Gasteiger partial charge on any atom is -0.382 e. The molecule has 0 bridgehead atoms. The molecular formula is C13H21N5OS. The van der Waals surface area contributed by atoms with Crippen LogP contribution < -0.4 is 11.1 Å². The van der Waals surface area contributed by atoms with Crippen LogP contribution in [0.25, 0.3) is 0 Å². The van der Waals surface area contributed by atoms with Gasteiger partial charge >= 0.3 is 0 Å². The molecule has 2 aliphatic heterocycles. The highest BCUT2D eigenvalue weighted by atomic mass is 32.1. The highest BCUT2D eigenvalue weighted by molar-refractivity contribution is 7.18. The summed E-state index contributed by atoms with van der Waals surface area (Å²) in [6, 6.07) is 0.537. The summed E-state index contributed by atoms with van der Waals surface area (Å²) in [6.45, 7) is 6.56. The summed E-state index contributed by atoms with van der Waals surface area (Å²) < 4.78 is 0. The number of amides is 1. The molecule has 7 heteroatoms. The van der Waals surface area contributed by atoms with Crippen molar-refractivity contribution in [2.24, 2.45) is 0 Å². The molecule has 0 aliphatic carbocycles. The molecule has 0 spiro atoms. The summed E-state index contributed by atoms with van der Waals surface area (Å²) in [6.07, 6.45) is 2.45. The number of anilines is 2. The van der Waals surface area contributed by atoms with Crippen molar-refractivity contribution >= 4 is 28.2 Å². The van der Waals surface area contributed by atoms with E-state index in [1.165, 1.54) is 30.7 Å². The Kier molecular flexibility index (Phi) is 3.80. The second-order valence-electron chi connectivity index (χ2n) is 5.35. The van der Waals surface area contributed by atoms with Gasteiger partial charge in [-0.3, -0.25) is 9.69 Å². The van der Waals surface area contributed by atoms with Gasteiger partial charge in [0.05, 0.1) is 0 Å². The van der Waals surface area contributed by atoms with E-state index in [2.05, 4.69) is 15.2 Å². The molecule has 0 radical (unpaired) electrons. The van der Waals surface area contributed by atoms with Crippen molar-refractivity contribution in [3.63, 3.8) is 0 Å². The van der Waals surface area contributed by atoms with Crippen molar-refractivity contribution in [2.45, 2.75) is 25.8 Å². The van der Waals surface area contributed by atoms with Gasteiger partial charge in [-0.2, -0.15) is 0 Å². The lowest BCUT2D eigenvalue weighted by atomic mass is 10.1. The predicted molar refractivity (Wildman–Crippen MR) is 81.2 cm³/mol. The molecule has 110 valence electrons. The van der Waals surface area contributed by atoms with Crippen LogP contribution in [0.1, 0.15) is 29.4 Å². The van der Waals surface area contributed by atoms with Crippen LogP contribution in [0.5, 0.6) is 0 Å². The van der Waals surface area contributed by atoms with Crippen molar-refractivity contribution in [1.82, 2.24) is 14.8 Å². The third kappa shape index (κ3) is 2.47. The molecule has 2 saturated heterocycles. The molecule has 1 amide bonds. The molecule has 3 N–H and O–H groups in total. The minimum atomic E-state index is 0.0377. The average Bonchev–Trinajstić information content (AvgIpc) is 3.04. The molecule has 2 fully saturated rings. The Morgan fingerprint density at radius 2 is 2.35 bits per heavy atom. The zero-order valence-electron chi connectivity index (χ0n) is 11.8. The Balaban J connectivity index is 1.72. The Morgan fingerprint density at radius 3 is 3.15 bits per heavy atom. The van der Waals surface area contributed by atoms with Gasteiger partial charge in [-0.25, -0.2) is 4.98 Å². The molecule has 6 nitrogen and oxygen atoms in total. The minimum absolute atomic E-state index is 0.0377. The first-order valence-electron chi connectivity index (χ1n) is 7.22. The standard InChI is InChI=1S/C13H21N5OS/c1-2-15-13-16-11(14)10(20-13)12(19)18-7-6-17-5-3-4-9(17)8-18/h9H,2-8,14H2,1H3,(H,15,16). The van der Waals surface area contributed by atoms with E-state index in [0.717, 1.165) is 31.3 Å². The molecular weight excluding hydrogens is 274 g/mol. The van der Waals surface area contributed by atoms with Crippen LogP contribution in [0.3, 0.4) is 0 Å². The third-order valence-corrected chi connectivity index (χ3v) is 5.07. The largest absolute Gasteiger partial charge is 0.382 e. The molecule has 1 atom stereocenters. The van der Waals surface area contributed by atoms with Gasteiger partial charge in [0.2, 0.25) is 0 Å². The number of hydrogen-bond acceptors (Lipinski definition) is 6. The lowest BCUT2D eigenvalue weighted by molar-refractivity contribution is 0.0576. The highest BCUT2D eigenvalue weighted by Gasteiger charge is 2.33. The number of aromatic nitrogens is 1. The molecule has 1 unspecified atom stereocenters. The van der Waals surface area contributed by atoms with Crippen LogP contribution in [0.4, 0.5) is 10.9 Å². The summed E-state index contributed by atoms with van der Waals surface area (Å²) >= 11 is 1.36. The Labute approximate surface area is 123 Å². The molecule has 1 aromatic heterocycles. The molecule has 0 saturated carbocycles. The van der Waals surface area contributed by atoms with Crippen molar-refractivity contribution in [2.75, 3.05) is 43.8 Å². The van der Waals surface area contributed by atoms with Gasteiger partial charge < -0.3 is 16.0 Å². The van der Waals surface area contributed by atoms with Crippen molar-refractivity contribution in [1.29, 1.82) is 0 Å². The second-order valence-corrected chi connectivity index (χ2v) is 6.35. The number of rotatable bonds is 3. The van der Waals surface area contributed by atoms with Crippen LogP contribution in [0, 0.1) is 0 Å². The van der Waals surface area contributed by atoms with Crippen molar-refractivity contribution < 1.29 is 4.79 Å². The number of fused-ring (bicyclic) bond motifs is 1. The van der Waals surface area contributed by atoms with Gasteiger partial charge in [-0.1, -0.05) is 11.3 Å². The van der Waals surface area contributed by atoms with Crippen molar-refractivity contribution in [3.8, 4) is 0 Å². The molecule has 20 heavy (non-hydrogen) atoms. The lowest BCUT2D eigenvalue weighted by Crippen LogP contribution is -2.52. The first kappa shape index (κ1) is 13.6. The van der Waals surface area contributed by atoms with Crippen LogP contribution in [0.15, 0.2) is 0 Å². The predicted octanol–water partition coefficient (Wildman–Crippen LogP) is 1.08. The number of hydrogen-bond donors (Lipinski definition) is 2. The first-order chi connectivity index (χ1) is 9.69. The Bertz CT molecular complexity index is 503. The second kappa shape index (κ2) is 5.57. The number of nitrogens with one attached hydrogen (secondary N) is 1. The van der Waals surface area contributed by atoms with E-state index in [4.69, 9.17) is 5.73 Å². The van der Waals surface area contributed by atoms with Gasteiger partial charge in [0, 0.05) is 32.2 Å². The summed E-state index contributed by atoms with van der Waals surface area (Å²) in [4.78, 5) is 21.8. The maximum atomic E-state index is 12.6. The lowest BCUT2D eigenvalue weighted by Gasteiger charge is -2.37. The highest BCUT2D eigenvalue weighted by Crippen LogP contribution is 2.28. The average molecular weight is 295 g/mol. The first-order valence-corrected chi connectivity index (χ1v) is 8.04. The zero-order chi connectivity index (χ0) is 14.1. The van der Waals surface area contributed by atoms with Crippen LogP contribution in [-0.4, -0.2) is 59.5 Å². The van der Waals surface area contributed by atoms with Crippen LogP contribution >= 0.6 is 11.3 Å². The van der Waals surface area contributed by atoms with E-state index in [9.17, 15) is 4.79 Å². The fourth-order valence-electron chi connectivity index (χ4n) is 3.03. The van der Waals surface area contributed by atoms with E-state index in [1.807, 2.05) is 11.8 Å². The molecule has 1 aromatic rings. The number of nitrogens with zero attached hydrogens (tertiary/aromatic N) is 3. The summed E-state index contributed by atoms with van der Waals surface area (Å²) in [5, 5.41) is 3.84. The summed E-state index contributed by atoms with van der Waals surface area (Å²) in [5.74, 6) is 0.389. The summed E-state index contributed by atoms with van der Waals surface area (Å²) in [5.41, 5.74) is 5.89. The van der Waals surface area contributed by atoms with Crippen molar-refractivity contribution in [3.05, 3.63) is 4.88 Å². The fraction of sp³-hybridized carbons (Fsp3) is 0.692. The van der Waals surface area contributed by atoms with Gasteiger partial charge in [-0.15, -0.1) is 0 Å². The number of carbonyl (C=O) groups excluding carboxylic acids is 1.